The zero-order chi connectivity index (χ0) is 13.0. The molecule has 0 saturated heterocycles. The summed E-state index contributed by atoms with van der Waals surface area (Å²) in [6, 6.07) is 5.96. The van der Waals surface area contributed by atoms with Crippen molar-refractivity contribution < 1.29 is 13.5 Å². The van der Waals surface area contributed by atoms with Gasteiger partial charge in [-0.3, -0.25) is 0 Å². The van der Waals surface area contributed by atoms with E-state index < -0.39 is 0 Å². The fourth-order valence-corrected chi connectivity index (χ4v) is 2.01. The van der Waals surface area contributed by atoms with Gasteiger partial charge in [0.1, 0.15) is 11.8 Å². The monoisotopic (exact) mass is 251 g/mol. The maximum absolute atomic E-state index is 13.4. The minimum atomic E-state index is -0.299. The highest BCUT2D eigenvalue weighted by Gasteiger charge is 2.08. The Kier molecular flexibility index (Phi) is 4.33. The Morgan fingerprint density at radius 1 is 1.44 bits per heavy atom. The Bertz CT molecular complexity index is 509. The number of ether oxygens (including phenoxy) is 1. The molecule has 0 aliphatic rings. The van der Waals surface area contributed by atoms with Gasteiger partial charge >= 0.3 is 0 Å². The molecule has 2 aromatic rings. The first-order valence-corrected chi connectivity index (χ1v) is 6.08. The van der Waals surface area contributed by atoms with Gasteiger partial charge in [0.05, 0.1) is 12.0 Å². The van der Waals surface area contributed by atoms with E-state index in [1.807, 2.05) is 18.2 Å². The van der Waals surface area contributed by atoms with Gasteiger partial charge in [-0.1, -0.05) is 6.07 Å². The molecule has 0 amide bonds. The van der Waals surface area contributed by atoms with E-state index in [1.54, 1.807) is 7.11 Å². The maximum atomic E-state index is 13.4. The molecule has 1 heterocycles. The van der Waals surface area contributed by atoms with Crippen LogP contribution >= 0.6 is 0 Å². The van der Waals surface area contributed by atoms with Crippen LogP contribution in [-0.4, -0.2) is 26.3 Å². The lowest BCUT2D eigenvalue weighted by atomic mass is 10.1. The SMILES string of the molecule is COCCNC(C)Cc1ccc2occ(F)c2c1. The molecule has 4 heteroatoms. The Hall–Kier alpha value is -1.39. The molecule has 98 valence electrons. The molecule has 2 rings (SSSR count). The topological polar surface area (TPSA) is 34.4 Å². The number of fused-ring (bicyclic) bond motifs is 1. The molecule has 0 saturated carbocycles. The summed E-state index contributed by atoms with van der Waals surface area (Å²) in [5.74, 6) is -0.299. The van der Waals surface area contributed by atoms with Crippen LogP contribution in [0.5, 0.6) is 0 Å². The average Bonchev–Trinajstić information content (AvgIpc) is 2.71. The van der Waals surface area contributed by atoms with Crippen LogP contribution in [0.25, 0.3) is 11.0 Å². The van der Waals surface area contributed by atoms with Crippen LogP contribution in [0.15, 0.2) is 28.9 Å². The van der Waals surface area contributed by atoms with Crippen molar-refractivity contribution in [2.75, 3.05) is 20.3 Å². The largest absolute Gasteiger partial charge is 0.461 e. The molecule has 1 aromatic carbocycles. The Morgan fingerprint density at radius 2 is 2.28 bits per heavy atom. The molecule has 1 unspecified atom stereocenters. The van der Waals surface area contributed by atoms with Crippen molar-refractivity contribution in [2.24, 2.45) is 0 Å². The van der Waals surface area contributed by atoms with Gasteiger partial charge < -0.3 is 14.5 Å². The van der Waals surface area contributed by atoms with Crippen LogP contribution in [0.4, 0.5) is 4.39 Å². The molecule has 1 N–H and O–H groups in total. The number of rotatable bonds is 6. The lowest BCUT2D eigenvalue weighted by Crippen LogP contribution is -2.30. The predicted molar refractivity (Wildman–Crippen MR) is 69.2 cm³/mol. The van der Waals surface area contributed by atoms with Crippen molar-refractivity contribution in [3.63, 3.8) is 0 Å². The quantitative estimate of drug-likeness (QED) is 0.802. The third-order valence-electron chi connectivity index (χ3n) is 2.93. The maximum Gasteiger partial charge on any atom is 0.169 e. The van der Waals surface area contributed by atoms with Crippen LogP contribution in [0.1, 0.15) is 12.5 Å². The highest BCUT2D eigenvalue weighted by Crippen LogP contribution is 2.21. The molecule has 0 radical (unpaired) electrons. The number of halogens is 1. The van der Waals surface area contributed by atoms with Gasteiger partial charge in [0.25, 0.3) is 0 Å². The second kappa shape index (κ2) is 5.98. The second-order valence-corrected chi connectivity index (χ2v) is 4.47. The molecule has 0 aliphatic heterocycles. The molecular weight excluding hydrogens is 233 g/mol. The molecule has 1 atom stereocenters. The molecule has 0 fully saturated rings. The number of hydrogen-bond acceptors (Lipinski definition) is 3. The second-order valence-electron chi connectivity index (χ2n) is 4.47. The minimum Gasteiger partial charge on any atom is -0.461 e. The summed E-state index contributed by atoms with van der Waals surface area (Å²) in [4.78, 5) is 0. The van der Waals surface area contributed by atoms with Gasteiger partial charge in [-0.15, -0.1) is 0 Å². The zero-order valence-electron chi connectivity index (χ0n) is 10.7. The van der Waals surface area contributed by atoms with Crippen molar-refractivity contribution in [3.05, 3.63) is 35.8 Å². The van der Waals surface area contributed by atoms with Gasteiger partial charge in [-0.2, -0.15) is 0 Å². The average molecular weight is 251 g/mol. The standard InChI is InChI=1S/C14H18FNO2/c1-10(16-5-6-17-2)7-11-3-4-14-12(8-11)13(15)9-18-14/h3-4,8-10,16H,5-7H2,1-2H3. The van der Waals surface area contributed by atoms with E-state index >= 15 is 0 Å². The van der Waals surface area contributed by atoms with E-state index in [0.717, 1.165) is 24.8 Å². The fourth-order valence-electron chi connectivity index (χ4n) is 2.01. The van der Waals surface area contributed by atoms with E-state index in [4.69, 9.17) is 9.15 Å². The summed E-state index contributed by atoms with van der Waals surface area (Å²) in [5.41, 5.74) is 1.69. The van der Waals surface area contributed by atoms with Crippen LogP contribution in [0.2, 0.25) is 0 Å². The molecule has 0 bridgehead atoms. The molecule has 18 heavy (non-hydrogen) atoms. The number of nitrogens with one attached hydrogen (secondary N) is 1. The normalized spacial score (nSPS) is 13.1. The minimum absolute atomic E-state index is 0.299. The highest BCUT2D eigenvalue weighted by molar-refractivity contribution is 5.78. The van der Waals surface area contributed by atoms with Crippen molar-refractivity contribution >= 4 is 11.0 Å². The van der Waals surface area contributed by atoms with Gasteiger partial charge in [-0.05, 0) is 31.0 Å². The third-order valence-corrected chi connectivity index (χ3v) is 2.93. The Labute approximate surface area is 106 Å². The van der Waals surface area contributed by atoms with Crippen LogP contribution < -0.4 is 5.32 Å². The van der Waals surface area contributed by atoms with Crippen LogP contribution in [0.3, 0.4) is 0 Å². The number of furan rings is 1. The third kappa shape index (κ3) is 3.09. The summed E-state index contributed by atoms with van der Waals surface area (Å²) in [7, 11) is 1.68. The lowest BCUT2D eigenvalue weighted by molar-refractivity contribution is 0.196. The summed E-state index contributed by atoms with van der Waals surface area (Å²) >= 11 is 0. The van der Waals surface area contributed by atoms with Crippen molar-refractivity contribution in [3.8, 4) is 0 Å². The van der Waals surface area contributed by atoms with E-state index in [9.17, 15) is 4.39 Å². The predicted octanol–water partition coefficient (Wildman–Crippen LogP) is 2.74. The van der Waals surface area contributed by atoms with E-state index in [0.29, 0.717) is 23.6 Å². The van der Waals surface area contributed by atoms with E-state index in [1.165, 1.54) is 0 Å². The molecule has 0 aliphatic carbocycles. The van der Waals surface area contributed by atoms with Crippen molar-refractivity contribution in [1.29, 1.82) is 0 Å². The first-order valence-electron chi connectivity index (χ1n) is 6.08. The molecule has 1 aromatic heterocycles. The van der Waals surface area contributed by atoms with Gasteiger partial charge in [0, 0.05) is 19.7 Å². The zero-order valence-corrected chi connectivity index (χ0v) is 10.7. The smallest absolute Gasteiger partial charge is 0.169 e. The van der Waals surface area contributed by atoms with Crippen LogP contribution in [-0.2, 0) is 11.2 Å². The molecule has 3 nitrogen and oxygen atoms in total. The molecular formula is C14H18FNO2. The van der Waals surface area contributed by atoms with Crippen molar-refractivity contribution in [2.45, 2.75) is 19.4 Å². The first-order chi connectivity index (χ1) is 8.70. The van der Waals surface area contributed by atoms with Gasteiger partial charge in [-0.25, -0.2) is 4.39 Å². The summed E-state index contributed by atoms with van der Waals surface area (Å²) in [5, 5.41) is 3.90. The van der Waals surface area contributed by atoms with Crippen LogP contribution in [0, 0.1) is 5.82 Å². The number of hydrogen-bond donors (Lipinski definition) is 1. The Morgan fingerprint density at radius 3 is 3.06 bits per heavy atom. The Balaban J connectivity index is 2.00. The van der Waals surface area contributed by atoms with Crippen molar-refractivity contribution in [1.82, 2.24) is 5.32 Å². The summed E-state index contributed by atoms with van der Waals surface area (Å²) < 4.78 is 23.4. The number of methoxy groups -OCH3 is 1. The van der Waals surface area contributed by atoms with E-state index in [-0.39, 0.29) is 5.82 Å². The van der Waals surface area contributed by atoms with Gasteiger partial charge in [0.15, 0.2) is 5.82 Å². The van der Waals surface area contributed by atoms with E-state index in [2.05, 4.69) is 12.2 Å². The summed E-state index contributed by atoms with van der Waals surface area (Å²) in [6.07, 6.45) is 2.00. The number of benzene rings is 1. The summed E-state index contributed by atoms with van der Waals surface area (Å²) in [6.45, 7) is 3.62. The van der Waals surface area contributed by atoms with Gasteiger partial charge in [0.2, 0.25) is 0 Å². The molecule has 0 spiro atoms. The first kappa shape index (κ1) is 13.1. The lowest BCUT2D eigenvalue weighted by Gasteiger charge is -2.13. The highest BCUT2D eigenvalue weighted by atomic mass is 19.1. The fraction of sp³-hybridized carbons (Fsp3) is 0.429.